The van der Waals surface area contributed by atoms with Crippen LogP contribution in [0.2, 0.25) is 0 Å². The van der Waals surface area contributed by atoms with Gasteiger partial charge in [0.05, 0.1) is 23.1 Å². The van der Waals surface area contributed by atoms with Crippen molar-refractivity contribution < 1.29 is 9.59 Å². The minimum absolute atomic E-state index is 0.0420. The number of para-hydroxylation sites is 1. The number of anilines is 1. The van der Waals surface area contributed by atoms with E-state index in [0.29, 0.717) is 29.9 Å². The molecule has 0 atom stereocenters. The van der Waals surface area contributed by atoms with Crippen LogP contribution in [0.25, 0.3) is 5.69 Å². The highest BCUT2D eigenvalue weighted by Crippen LogP contribution is 2.19. The van der Waals surface area contributed by atoms with Crippen LogP contribution in [0.1, 0.15) is 53.6 Å². The van der Waals surface area contributed by atoms with E-state index in [-0.39, 0.29) is 11.8 Å². The molecule has 0 aliphatic heterocycles. The van der Waals surface area contributed by atoms with Gasteiger partial charge < -0.3 is 10.2 Å². The number of hydrogen-bond donors (Lipinski definition) is 1. The first-order valence-electron chi connectivity index (χ1n) is 10.4. The summed E-state index contributed by atoms with van der Waals surface area (Å²) in [5.41, 5.74) is 3.49. The van der Waals surface area contributed by atoms with E-state index in [9.17, 15) is 9.59 Å². The standard InChI is InChI=1S/C24H28N4O2/c1-4-11-22-21(17-25-28(22)20-14-8-7-9-15-20)23(29)26-19-13-10-12-18(16-19)24(30)27(5-2)6-3/h7-10,12-17H,4-6,11H2,1-3H3,(H,26,29). The quantitative estimate of drug-likeness (QED) is 0.598. The molecule has 0 saturated heterocycles. The largest absolute Gasteiger partial charge is 0.339 e. The summed E-state index contributed by atoms with van der Waals surface area (Å²) in [7, 11) is 0. The Hall–Kier alpha value is -3.41. The Morgan fingerprint density at radius 3 is 2.40 bits per heavy atom. The SMILES string of the molecule is CCCc1c(C(=O)Nc2cccc(C(=O)N(CC)CC)c2)cnn1-c1ccccc1. The van der Waals surface area contributed by atoms with Crippen molar-refractivity contribution in [2.45, 2.75) is 33.6 Å². The highest BCUT2D eigenvalue weighted by molar-refractivity contribution is 6.05. The lowest BCUT2D eigenvalue weighted by Gasteiger charge is -2.19. The Labute approximate surface area is 177 Å². The predicted molar refractivity (Wildman–Crippen MR) is 119 cm³/mol. The highest BCUT2D eigenvalue weighted by Gasteiger charge is 2.19. The van der Waals surface area contributed by atoms with Crippen molar-refractivity contribution in [2.75, 3.05) is 18.4 Å². The summed E-state index contributed by atoms with van der Waals surface area (Å²) in [4.78, 5) is 27.4. The first-order chi connectivity index (χ1) is 14.6. The third-order valence-corrected chi connectivity index (χ3v) is 5.02. The number of amides is 2. The maximum Gasteiger partial charge on any atom is 0.259 e. The molecule has 6 nitrogen and oxygen atoms in total. The first kappa shape index (κ1) is 21.3. The Kier molecular flexibility index (Phi) is 7.01. The van der Waals surface area contributed by atoms with Gasteiger partial charge in [0.25, 0.3) is 11.8 Å². The van der Waals surface area contributed by atoms with Gasteiger partial charge in [-0.05, 0) is 50.6 Å². The molecule has 1 aromatic heterocycles. The van der Waals surface area contributed by atoms with Crippen molar-refractivity contribution in [2.24, 2.45) is 0 Å². The van der Waals surface area contributed by atoms with E-state index in [1.54, 1.807) is 35.4 Å². The number of aromatic nitrogens is 2. The summed E-state index contributed by atoms with van der Waals surface area (Å²) < 4.78 is 1.82. The van der Waals surface area contributed by atoms with Gasteiger partial charge in [-0.15, -0.1) is 0 Å². The fourth-order valence-corrected chi connectivity index (χ4v) is 3.45. The molecule has 156 valence electrons. The summed E-state index contributed by atoms with van der Waals surface area (Å²) in [6.07, 6.45) is 3.24. The molecule has 2 aromatic carbocycles. The molecular formula is C24H28N4O2. The summed E-state index contributed by atoms with van der Waals surface area (Å²) in [6.45, 7) is 7.27. The molecule has 1 heterocycles. The van der Waals surface area contributed by atoms with E-state index in [1.165, 1.54) is 0 Å². The normalized spacial score (nSPS) is 10.6. The Balaban J connectivity index is 1.86. The number of nitrogens with zero attached hydrogens (tertiary/aromatic N) is 3. The van der Waals surface area contributed by atoms with Gasteiger partial charge in [0.1, 0.15) is 0 Å². The van der Waals surface area contributed by atoms with Gasteiger partial charge >= 0.3 is 0 Å². The van der Waals surface area contributed by atoms with Gasteiger partial charge in [-0.2, -0.15) is 5.10 Å². The zero-order valence-electron chi connectivity index (χ0n) is 17.8. The van der Waals surface area contributed by atoms with E-state index in [1.807, 2.05) is 48.9 Å². The monoisotopic (exact) mass is 404 g/mol. The molecule has 0 saturated carbocycles. The zero-order valence-corrected chi connectivity index (χ0v) is 17.8. The molecular weight excluding hydrogens is 376 g/mol. The van der Waals surface area contributed by atoms with Crippen LogP contribution in [0.5, 0.6) is 0 Å². The molecule has 6 heteroatoms. The van der Waals surface area contributed by atoms with Gasteiger partial charge in [-0.3, -0.25) is 9.59 Å². The molecule has 3 rings (SSSR count). The number of benzene rings is 2. The van der Waals surface area contributed by atoms with Crippen LogP contribution in [-0.2, 0) is 6.42 Å². The molecule has 0 unspecified atom stereocenters. The number of nitrogens with one attached hydrogen (secondary N) is 1. The maximum absolute atomic E-state index is 13.0. The Bertz CT molecular complexity index is 1010. The van der Waals surface area contributed by atoms with E-state index >= 15 is 0 Å². The number of hydrogen-bond acceptors (Lipinski definition) is 3. The first-order valence-corrected chi connectivity index (χ1v) is 10.4. The second-order valence-corrected chi connectivity index (χ2v) is 7.01. The second-order valence-electron chi connectivity index (χ2n) is 7.01. The molecule has 0 fully saturated rings. The fourth-order valence-electron chi connectivity index (χ4n) is 3.45. The molecule has 2 amide bonds. The van der Waals surface area contributed by atoms with Gasteiger partial charge in [0, 0.05) is 24.3 Å². The van der Waals surface area contributed by atoms with Crippen LogP contribution >= 0.6 is 0 Å². The molecule has 0 aliphatic carbocycles. The van der Waals surface area contributed by atoms with Crippen LogP contribution in [0.15, 0.2) is 60.8 Å². The number of carbonyl (C=O) groups excluding carboxylic acids is 2. The smallest absolute Gasteiger partial charge is 0.259 e. The maximum atomic E-state index is 13.0. The Morgan fingerprint density at radius 2 is 1.73 bits per heavy atom. The van der Waals surface area contributed by atoms with Gasteiger partial charge in [-0.25, -0.2) is 4.68 Å². The number of carbonyl (C=O) groups is 2. The molecule has 0 bridgehead atoms. The van der Waals surface area contributed by atoms with Crippen molar-refractivity contribution in [1.29, 1.82) is 0 Å². The molecule has 0 aliphatic rings. The average Bonchev–Trinajstić information content (AvgIpc) is 3.19. The van der Waals surface area contributed by atoms with Crippen LogP contribution in [0, 0.1) is 0 Å². The lowest BCUT2D eigenvalue weighted by atomic mass is 10.1. The van der Waals surface area contributed by atoms with Crippen molar-refractivity contribution in [3.8, 4) is 5.69 Å². The van der Waals surface area contributed by atoms with Crippen LogP contribution in [0.4, 0.5) is 5.69 Å². The predicted octanol–water partition coefficient (Wildman–Crippen LogP) is 4.56. The van der Waals surface area contributed by atoms with E-state index in [4.69, 9.17) is 0 Å². The molecule has 30 heavy (non-hydrogen) atoms. The van der Waals surface area contributed by atoms with Gasteiger partial charge in [0.2, 0.25) is 0 Å². The number of rotatable bonds is 8. The molecule has 0 spiro atoms. The van der Waals surface area contributed by atoms with Crippen LogP contribution in [-0.4, -0.2) is 39.6 Å². The van der Waals surface area contributed by atoms with Crippen molar-refractivity contribution in [3.63, 3.8) is 0 Å². The summed E-state index contributed by atoms with van der Waals surface area (Å²) in [5, 5.41) is 7.38. The Morgan fingerprint density at radius 1 is 1.00 bits per heavy atom. The van der Waals surface area contributed by atoms with Gasteiger partial charge in [0.15, 0.2) is 0 Å². The molecule has 3 aromatic rings. The zero-order chi connectivity index (χ0) is 21.5. The average molecular weight is 405 g/mol. The minimum Gasteiger partial charge on any atom is -0.339 e. The van der Waals surface area contributed by atoms with Crippen LogP contribution < -0.4 is 5.32 Å². The van der Waals surface area contributed by atoms with E-state index < -0.39 is 0 Å². The highest BCUT2D eigenvalue weighted by atomic mass is 16.2. The minimum atomic E-state index is -0.229. The third kappa shape index (κ3) is 4.59. The molecule has 1 N–H and O–H groups in total. The van der Waals surface area contributed by atoms with Crippen molar-refractivity contribution >= 4 is 17.5 Å². The van der Waals surface area contributed by atoms with Crippen LogP contribution in [0.3, 0.4) is 0 Å². The second kappa shape index (κ2) is 9.87. The lowest BCUT2D eigenvalue weighted by Crippen LogP contribution is -2.30. The van der Waals surface area contributed by atoms with Crippen molar-refractivity contribution in [3.05, 3.63) is 77.6 Å². The van der Waals surface area contributed by atoms with E-state index in [2.05, 4.69) is 17.3 Å². The van der Waals surface area contributed by atoms with Gasteiger partial charge in [-0.1, -0.05) is 37.6 Å². The summed E-state index contributed by atoms with van der Waals surface area (Å²) >= 11 is 0. The molecule has 0 radical (unpaired) electrons. The van der Waals surface area contributed by atoms with Crippen molar-refractivity contribution in [1.82, 2.24) is 14.7 Å². The topological polar surface area (TPSA) is 67.2 Å². The summed E-state index contributed by atoms with van der Waals surface area (Å²) in [6, 6.07) is 16.9. The summed E-state index contributed by atoms with van der Waals surface area (Å²) in [5.74, 6) is -0.271. The third-order valence-electron chi connectivity index (χ3n) is 5.02. The fraction of sp³-hybridized carbons (Fsp3) is 0.292. The van der Waals surface area contributed by atoms with E-state index in [0.717, 1.165) is 24.2 Å². The lowest BCUT2D eigenvalue weighted by molar-refractivity contribution is 0.0772.